The summed E-state index contributed by atoms with van der Waals surface area (Å²) in [5.41, 5.74) is 4.81. The number of aliphatic hydroxyl groups excluding tert-OH is 1. The van der Waals surface area contributed by atoms with Crippen molar-refractivity contribution in [2.75, 3.05) is 6.54 Å². The highest BCUT2D eigenvalue weighted by molar-refractivity contribution is 7.07. The first-order chi connectivity index (χ1) is 14.8. The lowest BCUT2D eigenvalue weighted by molar-refractivity contribution is -0.118. The van der Waals surface area contributed by atoms with Crippen molar-refractivity contribution >= 4 is 17.2 Å². The molecule has 0 saturated heterocycles. The highest BCUT2D eigenvalue weighted by Crippen LogP contribution is 2.24. The maximum absolute atomic E-state index is 11.2. The molecular formula is C24H30N4O2S. The molecule has 0 aliphatic heterocycles. The Balaban J connectivity index is 1.95. The van der Waals surface area contributed by atoms with E-state index in [0.29, 0.717) is 24.7 Å². The Labute approximate surface area is 187 Å². The van der Waals surface area contributed by atoms with Crippen LogP contribution in [0.15, 0.2) is 52.8 Å². The summed E-state index contributed by atoms with van der Waals surface area (Å²) in [5, 5.41) is 15.6. The number of nitrogens with one attached hydrogen (secondary N) is 1. The van der Waals surface area contributed by atoms with Crippen molar-refractivity contribution in [3.8, 4) is 11.3 Å². The number of aliphatic hydroxyl groups is 1. The van der Waals surface area contributed by atoms with Crippen molar-refractivity contribution in [3.63, 3.8) is 0 Å². The van der Waals surface area contributed by atoms with E-state index in [4.69, 9.17) is 0 Å². The van der Waals surface area contributed by atoms with Crippen LogP contribution >= 0.6 is 11.3 Å². The molecule has 0 aliphatic rings. The Morgan fingerprint density at radius 1 is 1.23 bits per heavy atom. The van der Waals surface area contributed by atoms with Gasteiger partial charge in [-0.1, -0.05) is 44.2 Å². The van der Waals surface area contributed by atoms with Crippen LogP contribution in [0.4, 0.5) is 0 Å². The zero-order chi connectivity index (χ0) is 22.4. The number of thiazole rings is 1. The summed E-state index contributed by atoms with van der Waals surface area (Å²) in [7, 11) is 0. The number of nitrogens with zero attached hydrogens (tertiary/aromatic N) is 3. The molecule has 0 saturated carbocycles. The number of aryl methyl sites for hydroxylation is 1. The number of amides is 1. The van der Waals surface area contributed by atoms with Crippen LogP contribution in [-0.2, 0) is 11.3 Å². The summed E-state index contributed by atoms with van der Waals surface area (Å²) in [5.74, 6) is 0.439. The molecule has 0 radical (unpaired) electrons. The zero-order valence-corrected chi connectivity index (χ0v) is 19.3. The molecule has 7 heteroatoms. The van der Waals surface area contributed by atoms with Gasteiger partial charge in [-0.05, 0) is 42.5 Å². The van der Waals surface area contributed by atoms with Gasteiger partial charge in [0.25, 0.3) is 0 Å². The molecule has 6 nitrogen and oxygen atoms in total. The minimum Gasteiger partial charge on any atom is -0.367 e. The monoisotopic (exact) mass is 438 g/mol. The van der Waals surface area contributed by atoms with Crippen molar-refractivity contribution in [2.45, 2.75) is 52.8 Å². The number of pyridine rings is 1. The van der Waals surface area contributed by atoms with Gasteiger partial charge in [0.1, 0.15) is 0 Å². The minimum atomic E-state index is -1.03. The molecule has 164 valence electrons. The van der Waals surface area contributed by atoms with Crippen LogP contribution in [0.5, 0.6) is 0 Å². The maximum Gasteiger partial charge on any atom is 0.216 e. The Kier molecular flexibility index (Phi) is 7.76. The normalized spacial score (nSPS) is 12.9. The van der Waals surface area contributed by atoms with E-state index in [-0.39, 0.29) is 5.91 Å². The van der Waals surface area contributed by atoms with Gasteiger partial charge in [0.05, 0.1) is 11.4 Å². The Morgan fingerprint density at radius 3 is 2.61 bits per heavy atom. The number of carbonyl (C=O) groups excluding carboxylic acids is 1. The van der Waals surface area contributed by atoms with Gasteiger partial charge in [0.2, 0.25) is 5.91 Å². The molecule has 2 aromatic heterocycles. The second-order valence-electron chi connectivity index (χ2n) is 7.87. The lowest BCUT2D eigenvalue weighted by Gasteiger charge is -2.12. The van der Waals surface area contributed by atoms with E-state index in [9.17, 15) is 9.90 Å². The highest BCUT2D eigenvalue weighted by atomic mass is 32.1. The van der Waals surface area contributed by atoms with Gasteiger partial charge in [0.15, 0.2) is 11.0 Å². The number of hydrogen-bond acceptors (Lipinski definition) is 5. The summed E-state index contributed by atoms with van der Waals surface area (Å²) < 4.78 is 2.11. The van der Waals surface area contributed by atoms with Gasteiger partial charge in [-0.2, -0.15) is 0 Å². The van der Waals surface area contributed by atoms with Crippen LogP contribution in [0.2, 0.25) is 0 Å². The van der Waals surface area contributed by atoms with Gasteiger partial charge in [0, 0.05) is 31.1 Å². The summed E-state index contributed by atoms with van der Waals surface area (Å²) in [6, 6.07) is 14.1. The molecule has 1 aromatic carbocycles. The van der Waals surface area contributed by atoms with Gasteiger partial charge >= 0.3 is 0 Å². The Hall–Kier alpha value is -2.77. The summed E-state index contributed by atoms with van der Waals surface area (Å²) in [6.07, 6.45) is -0.268. The van der Waals surface area contributed by atoms with E-state index in [1.54, 1.807) is 6.07 Å². The lowest BCUT2D eigenvalue weighted by Crippen LogP contribution is -2.24. The van der Waals surface area contributed by atoms with E-state index >= 15 is 0 Å². The van der Waals surface area contributed by atoms with Crippen LogP contribution < -0.4 is 10.1 Å². The zero-order valence-electron chi connectivity index (χ0n) is 18.5. The van der Waals surface area contributed by atoms with Gasteiger partial charge in [-0.15, -0.1) is 11.3 Å². The molecule has 1 amide bonds. The van der Waals surface area contributed by atoms with Crippen molar-refractivity contribution in [2.24, 2.45) is 4.99 Å². The first kappa shape index (κ1) is 22.9. The number of aromatic nitrogens is 2. The first-order valence-electron chi connectivity index (χ1n) is 10.5. The predicted molar refractivity (Wildman–Crippen MR) is 125 cm³/mol. The second-order valence-corrected chi connectivity index (χ2v) is 8.71. The third kappa shape index (κ3) is 6.12. The van der Waals surface area contributed by atoms with E-state index in [2.05, 4.69) is 63.4 Å². The molecule has 1 unspecified atom stereocenters. The molecule has 0 aliphatic carbocycles. The average Bonchev–Trinajstić information content (AvgIpc) is 3.13. The molecule has 0 fully saturated rings. The van der Waals surface area contributed by atoms with Crippen molar-refractivity contribution in [3.05, 3.63) is 69.6 Å². The van der Waals surface area contributed by atoms with Crippen LogP contribution in [-0.4, -0.2) is 27.1 Å². The first-order valence-corrected chi connectivity index (χ1v) is 11.4. The standard InChI is InChI=1S/C24H30N4O2S/c1-16(2)19-9-11-20(12-10-19)22-15-31-24(28(22)14-6-13-25-18(4)29)27-23(30)21-8-5-7-17(3)26-21/h5,7-12,15-16,23,30H,6,13-14H2,1-4H3,(H,25,29)/b27-24-. The lowest BCUT2D eigenvalue weighted by atomic mass is 10.0. The fraction of sp³-hybridized carbons (Fsp3) is 0.375. The molecule has 0 bridgehead atoms. The Bertz CT molecular complexity index is 1080. The van der Waals surface area contributed by atoms with Gasteiger partial charge in [-0.3, -0.25) is 9.78 Å². The van der Waals surface area contributed by atoms with E-state index in [0.717, 1.165) is 28.2 Å². The molecule has 3 rings (SSSR count). The van der Waals surface area contributed by atoms with E-state index < -0.39 is 6.23 Å². The van der Waals surface area contributed by atoms with Crippen LogP contribution in [0.1, 0.15) is 56.3 Å². The number of carbonyl (C=O) groups is 1. The average molecular weight is 439 g/mol. The van der Waals surface area contributed by atoms with Crippen molar-refractivity contribution in [1.82, 2.24) is 14.9 Å². The molecular weight excluding hydrogens is 408 g/mol. The van der Waals surface area contributed by atoms with E-state index in [1.165, 1.54) is 23.8 Å². The number of rotatable bonds is 8. The topological polar surface area (TPSA) is 79.5 Å². The van der Waals surface area contributed by atoms with Gasteiger partial charge in [-0.25, -0.2) is 4.99 Å². The van der Waals surface area contributed by atoms with Crippen molar-refractivity contribution < 1.29 is 9.90 Å². The third-order valence-corrected chi connectivity index (χ3v) is 5.89. The summed E-state index contributed by atoms with van der Waals surface area (Å²) in [4.78, 5) is 20.9. The maximum atomic E-state index is 11.2. The number of benzene rings is 1. The quantitative estimate of drug-likeness (QED) is 0.518. The predicted octanol–water partition coefficient (Wildman–Crippen LogP) is 4.16. The minimum absolute atomic E-state index is 0.0364. The fourth-order valence-corrected chi connectivity index (χ4v) is 4.26. The van der Waals surface area contributed by atoms with Gasteiger partial charge < -0.3 is 15.0 Å². The largest absolute Gasteiger partial charge is 0.367 e. The molecule has 31 heavy (non-hydrogen) atoms. The van der Waals surface area contributed by atoms with E-state index in [1.807, 2.05) is 19.1 Å². The highest BCUT2D eigenvalue weighted by Gasteiger charge is 2.12. The fourth-order valence-electron chi connectivity index (χ4n) is 3.30. The van der Waals surface area contributed by atoms with Crippen LogP contribution in [0.25, 0.3) is 11.3 Å². The summed E-state index contributed by atoms with van der Waals surface area (Å²) in [6.45, 7) is 9.04. The molecule has 1 atom stereocenters. The molecule has 3 aromatic rings. The molecule has 2 heterocycles. The summed E-state index contributed by atoms with van der Waals surface area (Å²) >= 11 is 1.49. The third-order valence-electron chi connectivity index (χ3n) is 5.01. The van der Waals surface area contributed by atoms with Crippen LogP contribution in [0.3, 0.4) is 0 Å². The molecule has 0 spiro atoms. The smallest absolute Gasteiger partial charge is 0.216 e. The van der Waals surface area contributed by atoms with Crippen LogP contribution in [0, 0.1) is 6.92 Å². The Morgan fingerprint density at radius 2 is 1.97 bits per heavy atom. The number of hydrogen-bond donors (Lipinski definition) is 2. The van der Waals surface area contributed by atoms with Crippen molar-refractivity contribution in [1.29, 1.82) is 0 Å². The molecule has 2 N–H and O–H groups in total. The second kappa shape index (κ2) is 10.5. The SMILES string of the molecule is CC(=O)NCCCn1c(-c2ccc(C(C)C)cc2)cs/c1=N\C(O)c1cccc(C)n1.